The molecule has 0 saturated carbocycles. The molecule has 4 nitrogen and oxygen atoms in total. The maximum Gasteiger partial charge on any atom is 0.177 e. The van der Waals surface area contributed by atoms with E-state index in [4.69, 9.17) is 0 Å². The van der Waals surface area contributed by atoms with E-state index in [9.17, 15) is 0 Å². The Morgan fingerprint density at radius 2 is 1.87 bits per heavy atom. The van der Waals surface area contributed by atoms with Gasteiger partial charge in [-0.2, -0.15) is 10.2 Å². The van der Waals surface area contributed by atoms with Crippen LogP contribution in [0.15, 0.2) is 48.8 Å². The van der Waals surface area contributed by atoms with Gasteiger partial charge in [-0.25, -0.2) is 4.52 Å². The third kappa shape index (κ3) is 1.27. The summed E-state index contributed by atoms with van der Waals surface area (Å²) in [5.41, 5.74) is 2.79. The highest BCUT2D eigenvalue weighted by Crippen LogP contribution is 2.17. The number of nitrogens with zero attached hydrogens (tertiary/aromatic N) is 4. The molecule has 0 unspecified atom stereocenters. The number of benzene rings is 1. The molecule has 2 heterocycles. The summed E-state index contributed by atoms with van der Waals surface area (Å²) in [5, 5.41) is 12.1. The lowest BCUT2D eigenvalue weighted by atomic mass is 10.2. The summed E-state index contributed by atoms with van der Waals surface area (Å²) in [6.07, 6.45) is 3.44. The highest BCUT2D eigenvalue weighted by Gasteiger charge is 2.04. The van der Waals surface area contributed by atoms with Crippen molar-refractivity contribution in [1.29, 1.82) is 0 Å². The van der Waals surface area contributed by atoms with Gasteiger partial charge in [0.1, 0.15) is 0 Å². The molecule has 0 fully saturated rings. The van der Waals surface area contributed by atoms with Crippen LogP contribution in [-0.2, 0) is 0 Å². The zero-order valence-corrected chi connectivity index (χ0v) is 7.91. The first-order valence-electron chi connectivity index (χ1n) is 4.66. The smallest absolute Gasteiger partial charge is 0.177 e. The molecule has 1 aromatic carbocycles. The lowest BCUT2D eigenvalue weighted by molar-refractivity contribution is 0.898. The Kier molecular flexibility index (Phi) is 1.71. The number of hydrogen-bond donors (Lipinski definition) is 0. The van der Waals surface area contributed by atoms with Crippen molar-refractivity contribution >= 4 is 5.65 Å². The summed E-state index contributed by atoms with van der Waals surface area (Å²) in [6, 6.07) is 11.9. The molecule has 0 aliphatic rings. The van der Waals surface area contributed by atoms with E-state index in [0.717, 1.165) is 16.9 Å². The average Bonchev–Trinajstić information content (AvgIpc) is 2.78. The van der Waals surface area contributed by atoms with E-state index in [1.165, 1.54) is 0 Å². The van der Waals surface area contributed by atoms with Crippen LogP contribution in [0.4, 0.5) is 0 Å². The van der Waals surface area contributed by atoms with Crippen molar-refractivity contribution in [3.05, 3.63) is 48.8 Å². The largest absolute Gasteiger partial charge is 0.211 e. The first-order valence-corrected chi connectivity index (χ1v) is 4.66. The van der Waals surface area contributed by atoms with Crippen LogP contribution in [0.3, 0.4) is 0 Å². The lowest BCUT2D eigenvalue weighted by Crippen LogP contribution is -1.97. The van der Waals surface area contributed by atoms with Crippen molar-refractivity contribution in [1.82, 2.24) is 19.8 Å². The van der Waals surface area contributed by atoms with Crippen LogP contribution < -0.4 is 0 Å². The normalized spacial score (nSPS) is 10.7. The van der Waals surface area contributed by atoms with Crippen LogP contribution in [0.25, 0.3) is 16.9 Å². The first kappa shape index (κ1) is 8.11. The Hall–Kier alpha value is -2.23. The molecule has 15 heavy (non-hydrogen) atoms. The van der Waals surface area contributed by atoms with Crippen LogP contribution in [0.5, 0.6) is 0 Å². The second-order valence-corrected chi connectivity index (χ2v) is 3.20. The minimum Gasteiger partial charge on any atom is -0.211 e. The Morgan fingerprint density at radius 1 is 1.00 bits per heavy atom. The van der Waals surface area contributed by atoms with Crippen LogP contribution >= 0.6 is 0 Å². The van der Waals surface area contributed by atoms with E-state index in [1.54, 1.807) is 16.9 Å². The van der Waals surface area contributed by atoms with Crippen LogP contribution in [0.1, 0.15) is 0 Å². The summed E-state index contributed by atoms with van der Waals surface area (Å²) in [7, 11) is 0. The maximum absolute atomic E-state index is 4.21. The van der Waals surface area contributed by atoms with Gasteiger partial charge < -0.3 is 0 Å². The third-order valence-electron chi connectivity index (χ3n) is 2.26. The molecule has 0 bridgehead atoms. The van der Waals surface area contributed by atoms with E-state index in [2.05, 4.69) is 15.3 Å². The van der Waals surface area contributed by atoms with E-state index >= 15 is 0 Å². The van der Waals surface area contributed by atoms with Crippen LogP contribution in [0.2, 0.25) is 0 Å². The fourth-order valence-electron chi connectivity index (χ4n) is 1.56. The predicted octanol–water partition coefficient (Wildman–Crippen LogP) is 1.79. The molecule has 0 amide bonds. The first-order chi connectivity index (χ1) is 7.45. The van der Waals surface area contributed by atoms with Crippen molar-refractivity contribution in [2.24, 2.45) is 0 Å². The summed E-state index contributed by atoms with van der Waals surface area (Å²) in [4.78, 5) is 0. The van der Waals surface area contributed by atoms with Gasteiger partial charge >= 0.3 is 0 Å². The van der Waals surface area contributed by atoms with E-state index in [1.807, 2.05) is 36.4 Å². The minimum atomic E-state index is 0.761. The predicted molar refractivity (Wildman–Crippen MR) is 56.2 cm³/mol. The maximum atomic E-state index is 4.21. The molecule has 0 aliphatic heterocycles. The summed E-state index contributed by atoms with van der Waals surface area (Å²) in [6.45, 7) is 0. The highest BCUT2D eigenvalue weighted by atomic mass is 15.3. The monoisotopic (exact) mass is 196 g/mol. The standard InChI is InChI=1S/C11H8N4/c1-2-4-9(5-3-1)10-8-12-14-11-6-7-13-15(10)11/h1-8H. The number of hydrogen-bond acceptors (Lipinski definition) is 3. The Bertz CT molecular complexity index is 586. The van der Waals surface area contributed by atoms with Gasteiger partial charge in [-0.05, 0) is 0 Å². The van der Waals surface area contributed by atoms with E-state index in [0.29, 0.717) is 0 Å². The molecule has 0 spiro atoms. The van der Waals surface area contributed by atoms with Crippen molar-refractivity contribution in [2.45, 2.75) is 0 Å². The zero-order valence-electron chi connectivity index (χ0n) is 7.91. The second kappa shape index (κ2) is 3.16. The highest BCUT2D eigenvalue weighted by molar-refractivity contribution is 5.60. The van der Waals surface area contributed by atoms with Gasteiger partial charge in [0.2, 0.25) is 0 Å². The molecule has 0 saturated heterocycles. The summed E-state index contributed by atoms with van der Waals surface area (Å²) in [5.74, 6) is 0. The van der Waals surface area contributed by atoms with Gasteiger partial charge in [0.05, 0.1) is 18.1 Å². The average molecular weight is 196 g/mol. The lowest BCUT2D eigenvalue weighted by Gasteiger charge is -2.02. The molecule has 3 rings (SSSR count). The number of fused-ring (bicyclic) bond motifs is 1. The molecule has 0 radical (unpaired) electrons. The fraction of sp³-hybridized carbons (Fsp3) is 0. The molecule has 0 atom stereocenters. The van der Waals surface area contributed by atoms with E-state index < -0.39 is 0 Å². The SMILES string of the molecule is c1ccc(-c2cnnc3ccnn23)cc1. The van der Waals surface area contributed by atoms with Gasteiger partial charge in [0.15, 0.2) is 5.65 Å². The summed E-state index contributed by atoms with van der Waals surface area (Å²) >= 11 is 0. The topological polar surface area (TPSA) is 43.1 Å². The number of aromatic nitrogens is 4. The van der Waals surface area contributed by atoms with Gasteiger partial charge in [0.25, 0.3) is 0 Å². The third-order valence-corrected chi connectivity index (χ3v) is 2.26. The van der Waals surface area contributed by atoms with Gasteiger partial charge in [-0.3, -0.25) is 0 Å². The quantitative estimate of drug-likeness (QED) is 0.596. The molecule has 72 valence electrons. The summed E-state index contributed by atoms with van der Waals surface area (Å²) < 4.78 is 1.78. The van der Waals surface area contributed by atoms with Gasteiger partial charge in [-0.15, -0.1) is 5.10 Å². The van der Waals surface area contributed by atoms with Crippen LogP contribution in [-0.4, -0.2) is 19.8 Å². The van der Waals surface area contributed by atoms with Crippen molar-refractivity contribution in [3.8, 4) is 11.3 Å². The van der Waals surface area contributed by atoms with Crippen molar-refractivity contribution < 1.29 is 0 Å². The zero-order chi connectivity index (χ0) is 10.1. The van der Waals surface area contributed by atoms with Gasteiger partial charge in [0, 0.05) is 11.6 Å². The molecular formula is C11H8N4. The second-order valence-electron chi connectivity index (χ2n) is 3.20. The van der Waals surface area contributed by atoms with E-state index in [-0.39, 0.29) is 0 Å². The van der Waals surface area contributed by atoms with Crippen molar-refractivity contribution in [3.63, 3.8) is 0 Å². The number of rotatable bonds is 1. The van der Waals surface area contributed by atoms with Crippen molar-refractivity contribution in [2.75, 3.05) is 0 Å². The Labute approximate surface area is 86.2 Å². The molecule has 0 N–H and O–H groups in total. The molecule has 0 aliphatic carbocycles. The molecule has 4 heteroatoms. The molecule has 2 aromatic heterocycles. The Balaban J connectivity index is 2.31. The van der Waals surface area contributed by atoms with Crippen LogP contribution in [0, 0.1) is 0 Å². The Morgan fingerprint density at radius 3 is 2.73 bits per heavy atom. The molecular weight excluding hydrogens is 188 g/mol. The molecule has 3 aromatic rings. The van der Waals surface area contributed by atoms with Gasteiger partial charge in [-0.1, -0.05) is 30.3 Å². The fourth-order valence-corrected chi connectivity index (χ4v) is 1.56. The minimum absolute atomic E-state index is 0.761.